The highest BCUT2D eigenvalue weighted by Gasteiger charge is 2.19. The summed E-state index contributed by atoms with van der Waals surface area (Å²) in [5, 5.41) is 3.95. The van der Waals surface area contributed by atoms with E-state index in [1.165, 1.54) is 0 Å². The van der Waals surface area contributed by atoms with E-state index in [0.717, 1.165) is 5.56 Å². The van der Waals surface area contributed by atoms with Crippen molar-refractivity contribution in [1.29, 1.82) is 0 Å². The zero-order valence-electron chi connectivity index (χ0n) is 10.7. The molecule has 1 aromatic heterocycles. The van der Waals surface area contributed by atoms with E-state index in [0.29, 0.717) is 28.0 Å². The predicted molar refractivity (Wildman–Crippen MR) is 82.2 cm³/mol. The summed E-state index contributed by atoms with van der Waals surface area (Å²) in [4.78, 5) is 18.1. The van der Waals surface area contributed by atoms with Crippen LogP contribution in [0.1, 0.15) is 16.7 Å². The van der Waals surface area contributed by atoms with Crippen molar-refractivity contribution < 1.29 is 4.39 Å². The number of aliphatic imine (C=N–C) groups is 1. The van der Waals surface area contributed by atoms with Crippen molar-refractivity contribution >= 4 is 35.0 Å². The van der Waals surface area contributed by atoms with Crippen LogP contribution < -0.4 is 10.9 Å². The van der Waals surface area contributed by atoms with Crippen molar-refractivity contribution in [2.75, 3.05) is 5.32 Å². The van der Waals surface area contributed by atoms with Gasteiger partial charge >= 0.3 is 0 Å². The number of halogens is 3. The molecular formula is C14H10Cl2FN3O. The van der Waals surface area contributed by atoms with Crippen molar-refractivity contribution in [2.24, 2.45) is 4.99 Å². The maximum atomic E-state index is 13.5. The average molecular weight is 326 g/mol. The molecule has 21 heavy (non-hydrogen) atoms. The molecule has 0 bridgehead atoms. The first-order chi connectivity index (χ1) is 10.0. The second kappa shape index (κ2) is 5.50. The number of aromatic nitrogens is 1. The fraction of sp³-hybridized carbons (Fsp3) is 0.143. The van der Waals surface area contributed by atoms with Gasteiger partial charge in [-0.1, -0.05) is 29.3 Å². The third kappa shape index (κ3) is 2.80. The first-order valence-electron chi connectivity index (χ1n) is 6.19. The molecule has 0 saturated heterocycles. The van der Waals surface area contributed by atoms with Gasteiger partial charge in [0.25, 0.3) is 5.56 Å². The maximum Gasteiger partial charge on any atom is 0.255 e. The van der Waals surface area contributed by atoms with Gasteiger partial charge in [0.05, 0.1) is 22.2 Å². The third-order valence-corrected chi connectivity index (χ3v) is 3.94. The lowest BCUT2D eigenvalue weighted by molar-refractivity contribution is 0.805. The standard InChI is InChI=1S/C14H10Cl2FN3O/c15-10-2-1-7(3-11(10)16)5-18-12-4-8-9(14(21)20-12)6-19-13(8)17/h1-4H,5-6H2,(H2,18,20,21). The first kappa shape index (κ1) is 14.1. The Kier molecular flexibility index (Phi) is 3.69. The molecule has 0 fully saturated rings. The zero-order valence-corrected chi connectivity index (χ0v) is 12.2. The Balaban J connectivity index is 1.81. The fourth-order valence-corrected chi connectivity index (χ4v) is 2.43. The molecule has 0 atom stereocenters. The molecule has 0 spiro atoms. The molecule has 1 aromatic carbocycles. The number of fused-ring (bicyclic) bond motifs is 1. The van der Waals surface area contributed by atoms with Gasteiger partial charge in [-0.3, -0.25) is 9.79 Å². The number of hydrogen-bond acceptors (Lipinski definition) is 3. The van der Waals surface area contributed by atoms with Gasteiger partial charge in [0, 0.05) is 12.1 Å². The van der Waals surface area contributed by atoms with Crippen LogP contribution in [0.15, 0.2) is 34.1 Å². The molecule has 0 saturated carbocycles. The van der Waals surface area contributed by atoms with Crippen LogP contribution in [0.2, 0.25) is 10.0 Å². The number of anilines is 1. The van der Waals surface area contributed by atoms with Crippen LogP contribution in [0.3, 0.4) is 0 Å². The van der Waals surface area contributed by atoms with Crippen LogP contribution in [-0.4, -0.2) is 10.9 Å². The topological polar surface area (TPSA) is 57.2 Å². The number of hydrogen-bond donors (Lipinski definition) is 2. The van der Waals surface area contributed by atoms with Gasteiger partial charge in [0.2, 0.25) is 5.97 Å². The highest BCUT2D eigenvalue weighted by Crippen LogP contribution is 2.23. The Hall–Kier alpha value is -1.85. The molecule has 108 valence electrons. The molecule has 7 heteroatoms. The number of nitrogens with zero attached hydrogens (tertiary/aromatic N) is 1. The summed E-state index contributed by atoms with van der Waals surface area (Å²) >= 11 is 11.8. The van der Waals surface area contributed by atoms with E-state index >= 15 is 0 Å². The van der Waals surface area contributed by atoms with Gasteiger partial charge in [-0.2, -0.15) is 4.39 Å². The van der Waals surface area contributed by atoms with Crippen molar-refractivity contribution in [3.8, 4) is 0 Å². The Morgan fingerprint density at radius 3 is 2.86 bits per heavy atom. The van der Waals surface area contributed by atoms with Crippen LogP contribution in [0.25, 0.3) is 0 Å². The van der Waals surface area contributed by atoms with Crippen molar-refractivity contribution in [2.45, 2.75) is 13.1 Å². The minimum Gasteiger partial charge on any atom is -0.367 e. The Bertz CT molecular complexity index is 801. The molecule has 0 aliphatic carbocycles. The first-order valence-corrected chi connectivity index (χ1v) is 6.94. The monoisotopic (exact) mass is 325 g/mol. The highest BCUT2D eigenvalue weighted by molar-refractivity contribution is 6.42. The fourth-order valence-electron chi connectivity index (χ4n) is 2.10. The largest absolute Gasteiger partial charge is 0.367 e. The molecule has 4 nitrogen and oxygen atoms in total. The minimum absolute atomic E-state index is 0.0869. The van der Waals surface area contributed by atoms with Gasteiger partial charge in [-0.15, -0.1) is 0 Å². The SMILES string of the molecule is O=c1[nH]c(NCc2ccc(Cl)c(Cl)c2)cc2c1CN=C2F. The Labute approximate surface area is 129 Å². The van der Waals surface area contributed by atoms with Gasteiger partial charge in [-0.05, 0) is 23.8 Å². The maximum absolute atomic E-state index is 13.5. The summed E-state index contributed by atoms with van der Waals surface area (Å²) in [6.45, 7) is 0.508. The Morgan fingerprint density at radius 2 is 2.10 bits per heavy atom. The number of rotatable bonds is 3. The number of pyridine rings is 1. The van der Waals surface area contributed by atoms with E-state index in [9.17, 15) is 9.18 Å². The van der Waals surface area contributed by atoms with Crippen LogP contribution in [0.4, 0.5) is 10.2 Å². The molecule has 3 rings (SSSR count). The van der Waals surface area contributed by atoms with Crippen LogP contribution >= 0.6 is 23.2 Å². The number of aromatic amines is 1. The third-order valence-electron chi connectivity index (χ3n) is 3.20. The number of benzene rings is 1. The van der Waals surface area contributed by atoms with Crippen molar-refractivity contribution in [3.63, 3.8) is 0 Å². The summed E-state index contributed by atoms with van der Waals surface area (Å²) in [5.41, 5.74) is 1.16. The van der Waals surface area contributed by atoms with Crippen molar-refractivity contribution in [3.05, 3.63) is 61.4 Å². The Morgan fingerprint density at radius 1 is 1.29 bits per heavy atom. The number of H-pyrrole nitrogens is 1. The summed E-state index contributed by atoms with van der Waals surface area (Å²) in [5.74, 6) is -0.175. The lowest BCUT2D eigenvalue weighted by atomic mass is 10.1. The lowest BCUT2D eigenvalue weighted by Crippen LogP contribution is -2.16. The molecule has 0 amide bonds. The normalized spacial score (nSPS) is 13.0. The van der Waals surface area contributed by atoms with Gasteiger partial charge in [0.15, 0.2) is 0 Å². The molecule has 2 aromatic rings. The molecular weight excluding hydrogens is 316 g/mol. The molecule has 2 N–H and O–H groups in total. The predicted octanol–water partition coefficient (Wildman–Crippen LogP) is 3.52. The van der Waals surface area contributed by atoms with E-state index in [-0.39, 0.29) is 17.7 Å². The molecule has 2 heterocycles. The second-order valence-electron chi connectivity index (χ2n) is 4.61. The molecule has 0 radical (unpaired) electrons. The quantitative estimate of drug-likeness (QED) is 0.907. The summed E-state index contributed by atoms with van der Waals surface area (Å²) in [6.07, 6.45) is 0. The average Bonchev–Trinajstić information content (AvgIpc) is 2.83. The van der Waals surface area contributed by atoms with Gasteiger partial charge in [-0.25, -0.2) is 0 Å². The van der Waals surface area contributed by atoms with Crippen LogP contribution in [0.5, 0.6) is 0 Å². The highest BCUT2D eigenvalue weighted by atomic mass is 35.5. The lowest BCUT2D eigenvalue weighted by Gasteiger charge is -2.08. The summed E-state index contributed by atoms with van der Waals surface area (Å²) in [7, 11) is 0. The molecule has 1 aliphatic rings. The van der Waals surface area contributed by atoms with E-state index in [1.807, 2.05) is 6.07 Å². The van der Waals surface area contributed by atoms with Crippen LogP contribution in [-0.2, 0) is 13.1 Å². The second-order valence-corrected chi connectivity index (χ2v) is 5.43. The minimum atomic E-state index is -0.603. The van der Waals surface area contributed by atoms with Gasteiger partial charge in [0.1, 0.15) is 5.82 Å². The van der Waals surface area contributed by atoms with E-state index in [1.54, 1.807) is 18.2 Å². The van der Waals surface area contributed by atoms with E-state index in [2.05, 4.69) is 15.3 Å². The smallest absolute Gasteiger partial charge is 0.255 e. The van der Waals surface area contributed by atoms with Crippen molar-refractivity contribution in [1.82, 2.24) is 4.98 Å². The molecule has 0 unspecified atom stereocenters. The van der Waals surface area contributed by atoms with Crippen LogP contribution in [0, 0.1) is 0 Å². The zero-order chi connectivity index (χ0) is 15.0. The molecule has 1 aliphatic heterocycles. The summed E-state index contributed by atoms with van der Waals surface area (Å²) < 4.78 is 13.5. The van der Waals surface area contributed by atoms with E-state index < -0.39 is 5.97 Å². The number of nitrogens with one attached hydrogen (secondary N) is 2. The van der Waals surface area contributed by atoms with Gasteiger partial charge < -0.3 is 10.3 Å². The summed E-state index contributed by atoms with van der Waals surface area (Å²) in [6, 6.07) is 6.78. The van der Waals surface area contributed by atoms with E-state index in [4.69, 9.17) is 23.2 Å².